The van der Waals surface area contributed by atoms with Crippen molar-refractivity contribution in [2.75, 3.05) is 11.9 Å². The lowest BCUT2D eigenvalue weighted by molar-refractivity contribution is -0.137. The molecule has 5 atom stereocenters. The molecule has 5 rings (SSSR count). The maximum absolute atomic E-state index is 14.8. The summed E-state index contributed by atoms with van der Waals surface area (Å²) in [7, 11) is 0. The number of halogens is 4. The summed E-state index contributed by atoms with van der Waals surface area (Å²) in [5.74, 6) is -3.32. The Morgan fingerprint density at radius 3 is 2.36 bits per heavy atom. The van der Waals surface area contributed by atoms with Crippen LogP contribution in [0.15, 0.2) is 46.9 Å². The third kappa shape index (κ3) is 9.08. The number of rotatable bonds is 14. The molecule has 1 aliphatic carbocycles. The Balaban J connectivity index is 1.52. The zero-order chi connectivity index (χ0) is 40.1. The first-order chi connectivity index (χ1) is 26.1. The number of para-hydroxylation sites is 1. The molecule has 2 aromatic carbocycles. The van der Waals surface area contributed by atoms with E-state index in [1.165, 1.54) is 30.3 Å². The van der Waals surface area contributed by atoms with E-state index in [9.17, 15) is 36.7 Å². The number of nitrogens with one attached hydrogen (secondary N) is 6. The van der Waals surface area contributed by atoms with E-state index in [1.54, 1.807) is 19.9 Å². The molecule has 0 bridgehead atoms. The molecule has 296 valence electrons. The fourth-order valence-electron chi connectivity index (χ4n) is 6.79. The number of urea groups is 1. The van der Waals surface area contributed by atoms with Crippen LogP contribution in [0.1, 0.15) is 88.2 Å². The van der Waals surface area contributed by atoms with Crippen LogP contribution in [0.5, 0.6) is 0 Å². The Morgan fingerprint density at radius 2 is 1.69 bits per heavy atom. The van der Waals surface area contributed by atoms with Crippen molar-refractivity contribution in [3.63, 3.8) is 0 Å². The van der Waals surface area contributed by atoms with Crippen LogP contribution in [0, 0.1) is 17.7 Å². The van der Waals surface area contributed by atoms with Gasteiger partial charge in [-0.05, 0) is 54.9 Å². The zero-order valence-corrected chi connectivity index (χ0v) is 31.2. The summed E-state index contributed by atoms with van der Waals surface area (Å²) >= 11 is 0. The summed E-state index contributed by atoms with van der Waals surface area (Å²) in [4.78, 5) is 57.4. The second-order valence-corrected chi connectivity index (χ2v) is 14.0. The van der Waals surface area contributed by atoms with Crippen LogP contribution in [-0.2, 0) is 39.8 Å². The quantitative estimate of drug-likeness (QED) is 0.0867. The van der Waals surface area contributed by atoms with Gasteiger partial charge in [0.15, 0.2) is 0 Å². The first-order valence-corrected chi connectivity index (χ1v) is 18.3. The van der Waals surface area contributed by atoms with Crippen molar-refractivity contribution >= 4 is 40.7 Å². The highest BCUT2D eigenvalue weighted by molar-refractivity contribution is 5.97. The number of hydrogen-bond donors (Lipinski definition) is 6. The van der Waals surface area contributed by atoms with Crippen molar-refractivity contribution in [1.29, 1.82) is 0 Å². The smallest absolute Gasteiger partial charge is 0.405 e. The van der Waals surface area contributed by atoms with E-state index in [-0.39, 0.29) is 60.0 Å². The highest BCUT2D eigenvalue weighted by atomic mass is 19.4. The van der Waals surface area contributed by atoms with Gasteiger partial charge in [-0.2, -0.15) is 13.2 Å². The Morgan fingerprint density at radius 1 is 0.964 bits per heavy atom. The number of aromatic nitrogens is 3. The average molecular weight is 771 g/mol. The van der Waals surface area contributed by atoms with Crippen molar-refractivity contribution in [3.8, 4) is 0 Å². The van der Waals surface area contributed by atoms with E-state index in [0.717, 1.165) is 6.07 Å². The summed E-state index contributed by atoms with van der Waals surface area (Å²) in [6.07, 6.45) is -4.14. The van der Waals surface area contributed by atoms with Crippen LogP contribution >= 0.6 is 0 Å². The van der Waals surface area contributed by atoms with Gasteiger partial charge in [-0.25, -0.2) is 9.18 Å². The number of amides is 5. The first kappa shape index (κ1) is 40.7. The zero-order valence-electron chi connectivity index (χ0n) is 31.2. The van der Waals surface area contributed by atoms with Crippen LogP contribution in [0.2, 0.25) is 0 Å². The molecule has 13 nitrogen and oxygen atoms in total. The number of carbonyl (C=O) groups excluding carboxylic acids is 4. The van der Waals surface area contributed by atoms with Gasteiger partial charge < -0.3 is 30.7 Å². The van der Waals surface area contributed by atoms with Gasteiger partial charge in [0.25, 0.3) is 0 Å². The van der Waals surface area contributed by atoms with Crippen molar-refractivity contribution in [2.24, 2.45) is 11.8 Å². The largest absolute Gasteiger partial charge is 0.418 e. The average Bonchev–Trinajstić information content (AvgIpc) is 3.76. The van der Waals surface area contributed by atoms with Crippen LogP contribution in [0.3, 0.4) is 0 Å². The normalized spacial score (nSPS) is 17.7. The van der Waals surface area contributed by atoms with E-state index < -0.39 is 64.9 Å². The van der Waals surface area contributed by atoms with Gasteiger partial charge in [-0.1, -0.05) is 76.0 Å². The summed E-state index contributed by atoms with van der Waals surface area (Å²) in [6.45, 7) is 9.35. The lowest BCUT2D eigenvalue weighted by Crippen LogP contribution is -2.65. The summed E-state index contributed by atoms with van der Waals surface area (Å²) in [6, 6.07) is 6.73. The second-order valence-electron chi connectivity index (χ2n) is 14.0. The third-order valence-electron chi connectivity index (χ3n) is 10.3. The molecule has 2 aromatic heterocycles. The maximum atomic E-state index is 14.8. The molecule has 2 heterocycles. The maximum Gasteiger partial charge on any atom is 0.418 e. The molecule has 1 aliphatic rings. The number of benzene rings is 2. The van der Waals surface area contributed by atoms with Crippen molar-refractivity contribution in [3.05, 3.63) is 76.6 Å². The minimum absolute atomic E-state index is 0.0210. The van der Waals surface area contributed by atoms with Crippen molar-refractivity contribution < 1.29 is 41.2 Å². The molecule has 4 aromatic rings. The minimum Gasteiger partial charge on any atom is -0.405 e. The summed E-state index contributed by atoms with van der Waals surface area (Å²) in [5.41, 5.74) is -1.66. The molecule has 6 N–H and O–H groups in total. The number of aromatic amines is 1. The van der Waals surface area contributed by atoms with Crippen LogP contribution in [0.25, 0.3) is 10.9 Å². The Hall–Kier alpha value is -5.48. The number of H-pyrrole nitrogens is 1. The highest BCUT2D eigenvalue weighted by Gasteiger charge is 2.47. The minimum atomic E-state index is -4.65. The van der Waals surface area contributed by atoms with Crippen molar-refractivity contribution in [1.82, 2.24) is 36.4 Å². The van der Waals surface area contributed by atoms with Gasteiger partial charge in [0.2, 0.25) is 23.6 Å². The SMILES string of the molecule is CCNC(=O)Nc1nnc(C(NC(=O)[C@]2(NC(=O)[C@@H](NC(=O)Cc3ccccc3F)C(C)CC)CCc3[nH]c4c(C(F)(F)F)cccc4c3C2)[C@@H](C)CC)o1. The van der Waals surface area contributed by atoms with Gasteiger partial charge in [-0.15, -0.1) is 5.10 Å². The van der Waals surface area contributed by atoms with Gasteiger partial charge >= 0.3 is 18.2 Å². The summed E-state index contributed by atoms with van der Waals surface area (Å²) in [5, 5.41) is 21.8. The van der Waals surface area contributed by atoms with E-state index in [2.05, 4.69) is 41.8 Å². The van der Waals surface area contributed by atoms with Gasteiger partial charge in [0.1, 0.15) is 23.4 Å². The molecule has 5 amide bonds. The molecule has 0 aliphatic heterocycles. The van der Waals surface area contributed by atoms with Gasteiger partial charge in [0, 0.05) is 24.0 Å². The third-order valence-corrected chi connectivity index (χ3v) is 10.3. The fraction of sp³-hybridized carbons (Fsp3) is 0.474. The fourth-order valence-corrected chi connectivity index (χ4v) is 6.79. The van der Waals surface area contributed by atoms with Crippen LogP contribution < -0.4 is 26.6 Å². The Labute approximate surface area is 315 Å². The molecular weight excluding hydrogens is 724 g/mol. The standard InChI is InChI=1S/C38H46F4N8O5/c1-6-20(4)29(45-28(51)18-22-12-9-10-15-26(22)39)32(52)48-37(17-16-27-24(19-37)23-13-11-14-25(31(23)44-27)38(40,41)42)34(53)46-30(21(5)7-2)33-49-50-36(55-33)47-35(54)43-8-3/h9-15,20-21,29-30,44H,6-8,16-19H2,1-5H3,(H,45,51)(H,46,53)(H,48,52)(H2,43,47,50,54)/t20?,21-,29-,30?,37-/m0/s1. The molecule has 0 radical (unpaired) electrons. The number of carbonyl (C=O) groups is 4. The van der Waals surface area contributed by atoms with E-state index >= 15 is 0 Å². The second kappa shape index (κ2) is 16.9. The molecular formula is C38H46F4N8O5. The monoisotopic (exact) mass is 770 g/mol. The molecule has 17 heteroatoms. The molecule has 0 saturated carbocycles. The number of fused-ring (bicyclic) bond motifs is 3. The summed E-state index contributed by atoms with van der Waals surface area (Å²) < 4.78 is 62.4. The Bertz CT molecular complexity index is 2030. The molecule has 0 fully saturated rings. The van der Waals surface area contributed by atoms with E-state index in [4.69, 9.17) is 4.42 Å². The van der Waals surface area contributed by atoms with Crippen LogP contribution in [0.4, 0.5) is 28.4 Å². The number of alkyl halides is 3. The molecule has 0 spiro atoms. The molecule has 55 heavy (non-hydrogen) atoms. The first-order valence-electron chi connectivity index (χ1n) is 18.3. The molecule has 0 saturated heterocycles. The topological polar surface area (TPSA) is 183 Å². The van der Waals surface area contributed by atoms with E-state index in [1.807, 2.05) is 20.8 Å². The predicted octanol–water partition coefficient (Wildman–Crippen LogP) is 5.87. The highest BCUT2D eigenvalue weighted by Crippen LogP contribution is 2.40. The van der Waals surface area contributed by atoms with E-state index in [0.29, 0.717) is 30.6 Å². The number of nitrogens with zero attached hydrogens (tertiary/aromatic N) is 2. The number of anilines is 1. The van der Waals surface area contributed by atoms with Gasteiger partial charge in [-0.3, -0.25) is 19.7 Å². The van der Waals surface area contributed by atoms with Gasteiger partial charge in [0.05, 0.1) is 17.5 Å². The molecule has 2 unspecified atom stereocenters. The number of hydrogen-bond acceptors (Lipinski definition) is 7. The predicted molar refractivity (Wildman–Crippen MR) is 195 cm³/mol. The Kier molecular flexibility index (Phi) is 12.5. The lowest BCUT2D eigenvalue weighted by atomic mass is 9.78. The number of aryl methyl sites for hydroxylation is 1. The van der Waals surface area contributed by atoms with Crippen molar-refractivity contribution in [2.45, 2.75) is 96.9 Å². The van der Waals surface area contributed by atoms with Crippen LogP contribution in [-0.4, -0.2) is 57.1 Å². The lowest BCUT2D eigenvalue weighted by Gasteiger charge is -2.39.